The molecule has 0 bridgehead atoms. The first-order valence-electron chi connectivity index (χ1n) is 6.33. The molecule has 1 aromatic rings. The SMILES string of the molecule is C=C(CCN1CCOC1=O)C(C)c1ccccc1. The van der Waals surface area contributed by atoms with Crippen LogP contribution in [0.1, 0.15) is 24.8 Å². The lowest BCUT2D eigenvalue weighted by Gasteiger charge is -2.18. The van der Waals surface area contributed by atoms with E-state index in [4.69, 9.17) is 4.74 Å². The predicted molar refractivity (Wildman–Crippen MR) is 71.5 cm³/mol. The summed E-state index contributed by atoms with van der Waals surface area (Å²) < 4.78 is 4.90. The zero-order valence-corrected chi connectivity index (χ0v) is 10.8. The number of ether oxygens (including phenoxy) is 1. The molecule has 0 spiro atoms. The molecule has 1 fully saturated rings. The quantitative estimate of drug-likeness (QED) is 0.746. The minimum atomic E-state index is -0.199. The van der Waals surface area contributed by atoms with Gasteiger partial charge in [-0.1, -0.05) is 49.4 Å². The van der Waals surface area contributed by atoms with E-state index in [0.717, 1.165) is 12.0 Å². The van der Waals surface area contributed by atoms with Crippen LogP contribution in [0.15, 0.2) is 42.5 Å². The van der Waals surface area contributed by atoms with Crippen LogP contribution in [-0.2, 0) is 4.74 Å². The maximum absolute atomic E-state index is 11.3. The van der Waals surface area contributed by atoms with E-state index in [0.29, 0.717) is 25.6 Å². The largest absolute Gasteiger partial charge is 0.448 e. The van der Waals surface area contributed by atoms with Crippen molar-refractivity contribution in [2.75, 3.05) is 19.7 Å². The number of amides is 1. The molecule has 1 aliphatic rings. The normalized spacial score (nSPS) is 16.5. The standard InChI is InChI=1S/C15H19NO2/c1-12(8-9-16-10-11-18-15(16)17)13(2)14-6-4-3-5-7-14/h3-7,13H,1,8-11H2,2H3. The number of hydrogen-bond donors (Lipinski definition) is 0. The molecule has 1 amide bonds. The van der Waals surface area contributed by atoms with Gasteiger partial charge in [-0.2, -0.15) is 0 Å². The molecular formula is C15H19NO2. The molecule has 3 heteroatoms. The van der Waals surface area contributed by atoms with E-state index in [1.165, 1.54) is 5.56 Å². The van der Waals surface area contributed by atoms with Gasteiger partial charge in [0.2, 0.25) is 0 Å². The van der Waals surface area contributed by atoms with Crippen molar-refractivity contribution in [2.45, 2.75) is 19.3 Å². The summed E-state index contributed by atoms with van der Waals surface area (Å²) in [6.45, 7) is 8.21. The van der Waals surface area contributed by atoms with Gasteiger partial charge < -0.3 is 9.64 Å². The number of hydrogen-bond acceptors (Lipinski definition) is 2. The minimum absolute atomic E-state index is 0.199. The number of nitrogens with zero attached hydrogens (tertiary/aromatic N) is 1. The summed E-state index contributed by atoms with van der Waals surface area (Å²) in [7, 11) is 0. The Morgan fingerprint density at radius 1 is 1.44 bits per heavy atom. The van der Waals surface area contributed by atoms with E-state index in [2.05, 4.69) is 25.6 Å². The second kappa shape index (κ2) is 5.71. The number of carbonyl (C=O) groups excluding carboxylic acids is 1. The Balaban J connectivity index is 1.86. The summed E-state index contributed by atoms with van der Waals surface area (Å²) in [6.07, 6.45) is 0.626. The van der Waals surface area contributed by atoms with Crippen molar-refractivity contribution in [1.82, 2.24) is 4.90 Å². The fraction of sp³-hybridized carbons (Fsp3) is 0.400. The number of cyclic esters (lactones) is 1. The average molecular weight is 245 g/mol. The molecule has 0 aromatic heterocycles. The maximum atomic E-state index is 11.3. The number of carbonyl (C=O) groups is 1. The Hall–Kier alpha value is -1.77. The molecule has 1 saturated heterocycles. The first-order valence-corrected chi connectivity index (χ1v) is 6.33. The van der Waals surface area contributed by atoms with E-state index in [1.54, 1.807) is 4.90 Å². The van der Waals surface area contributed by atoms with Crippen LogP contribution in [0.4, 0.5) is 4.79 Å². The van der Waals surface area contributed by atoms with Gasteiger partial charge >= 0.3 is 6.09 Å². The summed E-state index contributed by atoms with van der Waals surface area (Å²) >= 11 is 0. The lowest BCUT2D eigenvalue weighted by Crippen LogP contribution is -2.25. The molecule has 0 saturated carbocycles. The van der Waals surface area contributed by atoms with Crippen LogP contribution in [-0.4, -0.2) is 30.7 Å². The van der Waals surface area contributed by atoms with Crippen molar-refractivity contribution in [3.05, 3.63) is 48.0 Å². The molecule has 0 N–H and O–H groups in total. The van der Waals surface area contributed by atoms with Gasteiger partial charge in [-0.15, -0.1) is 0 Å². The molecule has 1 aliphatic heterocycles. The predicted octanol–water partition coefficient (Wildman–Crippen LogP) is 3.19. The summed E-state index contributed by atoms with van der Waals surface area (Å²) in [6, 6.07) is 10.3. The van der Waals surface area contributed by atoms with Gasteiger partial charge in [0.05, 0.1) is 6.54 Å². The Morgan fingerprint density at radius 2 is 2.17 bits per heavy atom. The molecule has 1 aromatic carbocycles. The van der Waals surface area contributed by atoms with E-state index < -0.39 is 0 Å². The van der Waals surface area contributed by atoms with Crippen LogP contribution in [0.25, 0.3) is 0 Å². The monoisotopic (exact) mass is 245 g/mol. The third-order valence-electron chi connectivity index (χ3n) is 3.46. The van der Waals surface area contributed by atoms with E-state index in [1.807, 2.05) is 18.2 Å². The number of benzene rings is 1. The van der Waals surface area contributed by atoms with E-state index in [9.17, 15) is 4.79 Å². The average Bonchev–Trinajstić information content (AvgIpc) is 2.81. The third kappa shape index (κ3) is 2.92. The summed E-state index contributed by atoms with van der Waals surface area (Å²) in [4.78, 5) is 13.0. The second-order valence-corrected chi connectivity index (χ2v) is 4.64. The van der Waals surface area contributed by atoms with Crippen molar-refractivity contribution in [1.29, 1.82) is 0 Å². The summed E-state index contributed by atoms with van der Waals surface area (Å²) in [5.41, 5.74) is 2.42. The Kier molecular flexibility index (Phi) is 4.03. The molecule has 2 rings (SSSR count). The summed E-state index contributed by atoms with van der Waals surface area (Å²) in [5.74, 6) is 0.324. The van der Waals surface area contributed by atoms with E-state index >= 15 is 0 Å². The van der Waals surface area contributed by atoms with Crippen molar-refractivity contribution in [3.63, 3.8) is 0 Å². The molecule has 96 valence electrons. The third-order valence-corrected chi connectivity index (χ3v) is 3.46. The van der Waals surface area contributed by atoms with Gasteiger partial charge in [-0.3, -0.25) is 0 Å². The topological polar surface area (TPSA) is 29.5 Å². The highest BCUT2D eigenvalue weighted by Gasteiger charge is 2.21. The molecule has 1 heterocycles. The van der Waals surface area contributed by atoms with Gasteiger partial charge in [0.15, 0.2) is 0 Å². The Morgan fingerprint density at radius 3 is 2.78 bits per heavy atom. The summed E-state index contributed by atoms with van der Waals surface area (Å²) in [5, 5.41) is 0. The second-order valence-electron chi connectivity index (χ2n) is 4.64. The van der Waals surface area contributed by atoms with Crippen LogP contribution < -0.4 is 0 Å². The highest BCUT2D eigenvalue weighted by molar-refractivity contribution is 5.69. The molecule has 0 aliphatic carbocycles. The molecule has 3 nitrogen and oxygen atoms in total. The van der Waals surface area contributed by atoms with Crippen LogP contribution in [0, 0.1) is 0 Å². The lowest BCUT2D eigenvalue weighted by atomic mass is 9.92. The Labute approximate surface area is 108 Å². The van der Waals surface area contributed by atoms with Crippen molar-refractivity contribution < 1.29 is 9.53 Å². The highest BCUT2D eigenvalue weighted by Crippen LogP contribution is 2.24. The minimum Gasteiger partial charge on any atom is -0.448 e. The van der Waals surface area contributed by atoms with Gasteiger partial charge in [-0.25, -0.2) is 4.79 Å². The highest BCUT2D eigenvalue weighted by atomic mass is 16.6. The lowest BCUT2D eigenvalue weighted by molar-refractivity contribution is 0.158. The molecule has 0 radical (unpaired) electrons. The van der Waals surface area contributed by atoms with Crippen molar-refractivity contribution >= 4 is 6.09 Å². The molecule has 1 unspecified atom stereocenters. The van der Waals surface area contributed by atoms with Crippen molar-refractivity contribution in [3.8, 4) is 0 Å². The Bertz CT molecular complexity index is 427. The van der Waals surface area contributed by atoms with E-state index in [-0.39, 0.29) is 6.09 Å². The zero-order chi connectivity index (χ0) is 13.0. The fourth-order valence-electron chi connectivity index (χ4n) is 2.10. The zero-order valence-electron chi connectivity index (χ0n) is 10.8. The fourth-order valence-corrected chi connectivity index (χ4v) is 2.10. The first-order chi connectivity index (χ1) is 8.68. The van der Waals surface area contributed by atoms with Crippen LogP contribution in [0.2, 0.25) is 0 Å². The van der Waals surface area contributed by atoms with Crippen LogP contribution >= 0.6 is 0 Å². The molecular weight excluding hydrogens is 226 g/mol. The van der Waals surface area contributed by atoms with Crippen molar-refractivity contribution in [2.24, 2.45) is 0 Å². The molecule has 1 atom stereocenters. The van der Waals surface area contributed by atoms with Gasteiger partial charge in [0.1, 0.15) is 6.61 Å². The van der Waals surface area contributed by atoms with Gasteiger partial charge in [0, 0.05) is 12.5 Å². The number of rotatable bonds is 5. The van der Waals surface area contributed by atoms with Gasteiger partial charge in [-0.05, 0) is 12.0 Å². The van der Waals surface area contributed by atoms with Gasteiger partial charge in [0.25, 0.3) is 0 Å². The smallest absolute Gasteiger partial charge is 0.409 e. The van der Waals surface area contributed by atoms with Crippen LogP contribution in [0.5, 0.6) is 0 Å². The first kappa shape index (κ1) is 12.7. The molecule has 18 heavy (non-hydrogen) atoms. The maximum Gasteiger partial charge on any atom is 0.409 e. The van der Waals surface area contributed by atoms with Crippen LogP contribution in [0.3, 0.4) is 0 Å².